The standard InChI is InChI=1S/C16H19NO2/c1-11(12-5-3-2-4-6-12)17-14-9-7-13(8-10-14)15(17)16(18)19/h2-7,9,11,13-15H,8,10H2,1H3,(H,18,19)/t11-,13?,14?,15?/m1/s1. The molecule has 2 bridgehead atoms. The molecule has 3 nitrogen and oxygen atoms in total. The van der Waals surface area contributed by atoms with Gasteiger partial charge in [-0.25, -0.2) is 0 Å². The topological polar surface area (TPSA) is 40.5 Å². The van der Waals surface area contributed by atoms with Crippen LogP contribution in [0, 0.1) is 5.92 Å². The average molecular weight is 257 g/mol. The highest BCUT2D eigenvalue weighted by atomic mass is 16.4. The molecule has 1 aromatic carbocycles. The molecule has 4 atom stereocenters. The summed E-state index contributed by atoms with van der Waals surface area (Å²) in [6.07, 6.45) is 6.35. The first-order chi connectivity index (χ1) is 9.18. The summed E-state index contributed by atoms with van der Waals surface area (Å²) in [5.41, 5.74) is 1.19. The van der Waals surface area contributed by atoms with E-state index in [0.29, 0.717) is 0 Å². The fourth-order valence-electron chi connectivity index (χ4n) is 3.51. The van der Waals surface area contributed by atoms with E-state index in [1.165, 1.54) is 5.56 Å². The van der Waals surface area contributed by atoms with Gasteiger partial charge in [0, 0.05) is 18.0 Å². The van der Waals surface area contributed by atoms with Gasteiger partial charge >= 0.3 is 5.97 Å². The van der Waals surface area contributed by atoms with Gasteiger partial charge in [0.05, 0.1) is 0 Å². The molecule has 0 amide bonds. The fraction of sp³-hybridized carbons (Fsp3) is 0.438. The van der Waals surface area contributed by atoms with Crippen LogP contribution < -0.4 is 0 Å². The molecule has 2 heterocycles. The van der Waals surface area contributed by atoms with Crippen molar-refractivity contribution in [3.8, 4) is 0 Å². The monoisotopic (exact) mass is 257 g/mol. The van der Waals surface area contributed by atoms with E-state index >= 15 is 0 Å². The van der Waals surface area contributed by atoms with Gasteiger partial charge in [-0.15, -0.1) is 0 Å². The van der Waals surface area contributed by atoms with E-state index in [4.69, 9.17) is 0 Å². The maximum Gasteiger partial charge on any atom is 0.321 e. The number of aliphatic carboxylic acids is 1. The van der Waals surface area contributed by atoms with Gasteiger partial charge in [-0.1, -0.05) is 42.5 Å². The number of benzene rings is 1. The van der Waals surface area contributed by atoms with Crippen LogP contribution in [0.5, 0.6) is 0 Å². The number of rotatable bonds is 3. The Kier molecular flexibility index (Phi) is 3.15. The van der Waals surface area contributed by atoms with Crippen LogP contribution in [0.3, 0.4) is 0 Å². The van der Waals surface area contributed by atoms with Gasteiger partial charge in [-0.2, -0.15) is 0 Å². The van der Waals surface area contributed by atoms with Crippen LogP contribution in [0.15, 0.2) is 42.5 Å². The molecule has 0 radical (unpaired) electrons. The number of nitrogens with zero attached hydrogens (tertiary/aromatic N) is 1. The fourth-order valence-corrected chi connectivity index (χ4v) is 3.51. The summed E-state index contributed by atoms with van der Waals surface area (Å²) in [4.78, 5) is 13.8. The highest BCUT2D eigenvalue weighted by molar-refractivity contribution is 5.75. The van der Waals surface area contributed by atoms with Crippen LogP contribution in [0.2, 0.25) is 0 Å². The van der Waals surface area contributed by atoms with Crippen LogP contribution in [0.1, 0.15) is 31.4 Å². The predicted octanol–water partition coefficient (Wildman–Crippen LogP) is 2.85. The predicted molar refractivity (Wildman–Crippen MR) is 73.8 cm³/mol. The van der Waals surface area contributed by atoms with Crippen molar-refractivity contribution in [3.63, 3.8) is 0 Å². The Balaban J connectivity index is 1.94. The molecule has 0 saturated carbocycles. The lowest BCUT2D eigenvalue weighted by Gasteiger charge is -2.49. The minimum atomic E-state index is -0.693. The van der Waals surface area contributed by atoms with Crippen molar-refractivity contribution in [1.29, 1.82) is 0 Å². The van der Waals surface area contributed by atoms with Crippen molar-refractivity contribution in [3.05, 3.63) is 48.0 Å². The molecule has 19 heavy (non-hydrogen) atoms. The molecule has 1 aromatic rings. The Morgan fingerprint density at radius 1 is 1.26 bits per heavy atom. The second-order valence-electron chi connectivity index (χ2n) is 5.51. The Bertz CT molecular complexity index is 497. The highest BCUT2D eigenvalue weighted by Gasteiger charge is 2.44. The lowest BCUT2D eigenvalue weighted by molar-refractivity contribution is -0.149. The molecule has 1 saturated heterocycles. The van der Waals surface area contributed by atoms with E-state index in [1.807, 2.05) is 18.2 Å². The number of hydrogen-bond acceptors (Lipinski definition) is 2. The summed E-state index contributed by atoms with van der Waals surface area (Å²) in [6.45, 7) is 2.11. The van der Waals surface area contributed by atoms with Gasteiger partial charge in [0.15, 0.2) is 0 Å². The van der Waals surface area contributed by atoms with Crippen LogP contribution in [0.25, 0.3) is 0 Å². The van der Waals surface area contributed by atoms with Gasteiger partial charge in [-0.3, -0.25) is 9.69 Å². The van der Waals surface area contributed by atoms with Crippen LogP contribution in [0.4, 0.5) is 0 Å². The Morgan fingerprint density at radius 3 is 2.58 bits per heavy atom. The first kappa shape index (κ1) is 12.4. The summed E-state index contributed by atoms with van der Waals surface area (Å²) in [5.74, 6) is -0.532. The molecule has 0 spiro atoms. The lowest BCUT2D eigenvalue weighted by Crippen LogP contribution is -2.56. The molecule has 1 aliphatic carbocycles. The average Bonchev–Trinajstić information content (AvgIpc) is 2.47. The lowest BCUT2D eigenvalue weighted by atomic mass is 9.78. The molecule has 3 aliphatic rings. The van der Waals surface area contributed by atoms with Gasteiger partial charge < -0.3 is 5.11 Å². The molecule has 4 rings (SSSR count). The number of carboxylic acids is 1. The second kappa shape index (κ2) is 4.82. The summed E-state index contributed by atoms with van der Waals surface area (Å²) in [5, 5.41) is 9.55. The number of piperidine rings is 1. The third-order valence-corrected chi connectivity index (χ3v) is 4.47. The zero-order valence-electron chi connectivity index (χ0n) is 11.1. The van der Waals surface area contributed by atoms with E-state index in [0.717, 1.165) is 12.8 Å². The van der Waals surface area contributed by atoms with E-state index in [9.17, 15) is 9.90 Å². The molecule has 1 fully saturated rings. The SMILES string of the molecule is C[C@H](c1ccccc1)N1C2C=CC(CC2)C1C(=O)O. The van der Waals surface area contributed by atoms with Crippen LogP contribution in [-0.2, 0) is 4.79 Å². The summed E-state index contributed by atoms with van der Waals surface area (Å²) < 4.78 is 0. The number of carbonyl (C=O) groups is 1. The van der Waals surface area contributed by atoms with Crippen molar-refractivity contribution < 1.29 is 9.90 Å². The minimum absolute atomic E-state index is 0.139. The summed E-state index contributed by atoms with van der Waals surface area (Å²) in [7, 11) is 0. The number of carboxylic acid groups (broad SMARTS) is 1. The zero-order valence-corrected chi connectivity index (χ0v) is 11.1. The van der Waals surface area contributed by atoms with Gasteiger partial charge in [0.1, 0.15) is 6.04 Å². The number of hydrogen-bond donors (Lipinski definition) is 1. The molecule has 3 heteroatoms. The quantitative estimate of drug-likeness (QED) is 0.846. The third-order valence-electron chi connectivity index (χ3n) is 4.47. The maximum atomic E-state index is 11.6. The molecule has 3 unspecified atom stereocenters. The first-order valence-corrected chi connectivity index (χ1v) is 6.92. The smallest absolute Gasteiger partial charge is 0.321 e. The van der Waals surface area contributed by atoms with E-state index in [2.05, 4.69) is 36.1 Å². The largest absolute Gasteiger partial charge is 0.480 e. The second-order valence-corrected chi connectivity index (χ2v) is 5.51. The minimum Gasteiger partial charge on any atom is -0.480 e. The molecule has 1 N–H and O–H groups in total. The van der Waals surface area contributed by atoms with Crippen molar-refractivity contribution in [2.24, 2.45) is 5.92 Å². The molecule has 2 aliphatic heterocycles. The van der Waals surface area contributed by atoms with Gasteiger partial charge in [0.25, 0.3) is 0 Å². The van der Waals surface area contributed by atoms with Crippen LogP contribution in [-0.4, -0.2) is 28.1 Å². The van der Waals surface area contributed by atoms with E-state index in [1.54, 1.807) is 0 Å². The molecule has 100 valence electrons. The van der Waals surface area contributed by atoms with Crippen LogP contribution >= 0.6 is 0 Å². The van der Waals surface area contributed by atoms with E-state index < -0.39 is 5.97 Å². The summed E-state index contributed by atoms with van der Waals surface area (Å²) >= 11 is 0. The van der Waals surface area contributed by atoms with Gasteiger partial charge in [0.2, 0.25) is 0 Å². The Labute approximate surface area is 113 Å². The van der Waals surface area contributed by atoms with Crippen molar-refractivity contribution >= 4 is 5.97 Å². The zero-order chi connectivity index (χ0) is 13.4. The van der Waals surface area contributed by atoms with Crippen molar-refractivity contribution in [2.75, 3.05) is 0 Å². The Morgan fingerprint density at radius 2 is 2.00 bits per heavy atom. The molecular weight excluding hydrogens is 238 g/mol. The van der Waals surface area contributed by atoms with Crippen molar-refractivity contribution in [1.82, 2.24) is 4.90 Å². The normalized spacial score (nSPS) is 31.3. The third kappa shape index (κ3) is 2.08. The summed E-state index contributed by atoms with van der Waals surface area (Å²) in [6, 6.07) is 10.2. The molecule has 0 aromatic heterocycles. The molecular formula is C16H19NO2. The maximum absolute atomic E-state index is 11.6. The van der Waals surface area contributed by atoms with Crippen molar-refractivity contribution in [2.45, 2.75) is 37.9 Å². The highest BCUT2D eigenvalue weighted by Crippen LogP contribution is 2.40. The first-order valence-electron chi connectivity index (χ1n) is 6.92. The number of fused-ring (bicyclic) bond motifs is 2. The van der Waals surface area contributed by atoms with Gasteiger partial charge in [-0.05, 0) is 25.3 Å². The van der Waals surface area contributed by atoms with E-state index in [-0.39, 0.29) is 24.0 Å². The Hall–Kier alpha value is -1.61.